The van der Waals surface area contributed by atoms with Gasteiger partial charge in [-0.3, -0.25) is 9.59 Å². The minimum Gasteiger partial charge on any atom is -0.354 e. The van der Waals surface area contributed by atoms with E-state index in [0.29, 0.717) is 6.54 Å². The molecule has 6 heteroatoms. The zero-order valence-electron chi connectivity index (χ0n) is 13.4. The van der Waals surface area contributed by atoms with Gasteiger partial charge in [-0.05, 0) is 25.0 Å². The van der Waals surface area contributed by atoms with Crippen molar-refractivity contribution >= 4 is 23.6 Å². The smallest absolute Gasteiger partial charge is 0.239 e. The number of amides is 2. The molecular formula is C16H25N3O2S. The van der Waals surface area contributed by atoms with Gasteiger partial charge in [0.05, 0.1) is 12.6 Å². The summed E-state index contributed by atoms with van der Waals surface area (Å²) in [4.78, 5) is 24.4. The number of carbonyl (C=O) groups is 2. The van der Waals surface area contributed by atoms with E-state index in [-0.39, 0.29) is 24.3 Å². The summed E-state index contributed by atoms with van der Waals surface area (Å²) in [5.41, 5.74) is 6.93. The molecule has 0 bridgehead atoms. The van der Waals surface area contributed by atoms with Gasteiger partial charge in [0.1, 0.15) is 0 Å². The molecule has 0 saturated carbocycles. The molecule has 0 aliphatic heterocycles. The Morgan fingerprint density at radius 1 is 1.18 bits per heavy atom. The first kappa shape index (κ1) is 18.5. The number of carbonyl (C=O) groups excluding carboxylic acids is 2. The SMILES string of the molecule is Cc1ccc(SCCNC(=O)CNC(=O)[C@@H](N)C(C)C)cc1. The Kier molecular flexibility index (Phi) is 7.98. The molecule has 1 aromatic carbocycles. The fourth-order valence-electron chi connectivity index (χ4n) is 1.64. The molecule has 1 atom stereocenters. The molecule has 0 radical (unpaired) electrons. The van der Waals surface area contributed by atoms with Crippen LogP contribution in [0.15, 0.2) is 29.2 Å². The van der Waals surface area contributed by atoms with Crippen LogP contribution in [0.4, 0.5) is 0 Å². The summed E-state index contributed by atoms with van der Waals surface area (Å²) in [6.07, 6.45) is 0. The molecule has 122 valence electrons. The van der Waals surface area contributed by atoms with Crippen molar-refractivity contribution in [3.05, 3.63) is 29.8 Å². The summed E-state index contributed by atoms with van der Waals surface area (Å²) in [5, 5.41) is 5.32. The van der Waals surface area contributed by atoms with Gasteiger partial charge >= 0.3 is 0 Å². The molecule has 0 fully saturated rings. The molecule has 1 rings (SSSR count). The molecule has 0 spiro atoms. The van der Waals surface area contributed by atoms with Crippen LogP contribution < -0.4 is 16.4 Å². The average molecular weight is 323 g/mol. The van der Waals surface area contributed by atoms with Crippen LogP contribution in [0, 0.1) is 12.8 Å². The van der Waals surface area contributed by atoms with Gasteiger partial charge in [0.2, 0.25) is 11.8 Å². The van der Waals surface area contributed by atoms with E-state index in [1.165, 1.54) is 10.5 Å². The fourth-order valence-corrected chi connectivity index (χ4v) is 2.41. The Morgan fingerprint density at radius 2 is 1.82 bits per heavy atom. The Hall–Kier alpha value is -1.53. The van der Waals surface area contributed by atoms with E-state index >= 15 is 0 Å². The third-order valence-corrected chi connectivity index (χ3v) is 4.17. The van der Waals surface area contributed by atoms with Gasteiger partial charge in [-0.15, -0.1) is 11.8 Å². The standard InChI is InChI=1S/C16H25N3O2S/c1-11(2)15(17)16(21)19-10-14(20)18-8-9-22-13-6-4-12(3)5-7-13/h4-7,11,15H,8-10,17H2,1-3H3,(H,18,20)(H,19,21)/t15-/m0/s1. The molecule has 0 aliphatic rings. The maximum absolute atomic E-state index is 11.6. The van der Waals surface area contributed by atoms with Crippen LogP contribution in [-0.4, -0.2) is 36.7 Å². The molecular weight excluding hydrogens is 298 g/mol. The van der Waals surface area contributed by atoms with E-state index in [0.717, 1.165) is 5.75 Å². The van der Waals surface area contributed by atoms with Crippen LogP contribution >= 0.6 is 11.8 Å². The molecule has 2 amide bonds. The molecule has 5 nitrogen and oxygen atoms in total. The van der Waals surface area contributed by atoms with Crippen LogP contribution in [0.2, 0.25) is 0 Å². The largest absolute Gasteiger partial charge is 0.354 e. The first-order chi connectivity index (χ1) is 10.4. The Balaban J connectivity index is 2.16. The summed E-state index contributed by atoms with van der Waals surface area (Å²) < 4.78 is 0. The first-order valence-corrected chi connectivity index (χ1v) is 8.38. The van der Waals surface area contributed by atoms with E-state index < -0.39 is 6.04 Å². The lowest BCUT2D eigenvalue weighted by Crippen LogP contribution is -2.47. The molecule has 0 saturated heterocycles. The highest BCUT2D eigenvalue weighted by Gasteiger charge is 2.17. The van der Waals surface area contributed by atoms with E-state index in [1.807, 2.05) is 20.8 Å². The Labute approximate surface area is 136 Å². The third kappa shape index (κ3) is 6.95. The van der Waals surface area contributed by atoms with Gasteiger partial charge in [-0.1, -0.05) is 31.5 Å². The number of nitrogens with two attached hydrogens (primary N) is 1. The van der Waals surface area contributed by atoms with Crippen molar-refractivity contribution < 1.29 is 9.59 Å². The first-order valence-electron chi connectivity index (χ1n) is 7.39. The minimum absolute atomic E-state index is 0.0333. The van der Waals surface area contributed by atoms with Crippen molar-refractivity contribution in [2.45, 2.75) is 31.7 Å². The average Bonchev–Trinajstić information content (AvgIpc) is 2.50. The molecule has 1 aromatic rings. The second-order valence-electron chi connectivity index (χ2n) is 5.50. The predicted octanol–water partition coefficient (Wildman–Crippen LogP) is 1.30. The van der Waals surface area contributed by atoms with Gasteiger partial charge in [0.25, 0.3) is 0 Å². The molecule has 22 heavy (non-hydrogen) atoms. The second kappa shape index (κ2) is 9.48. The van der Waals surface area contributed by atoms with E-state index in [9.17, 15) is 9.59 Å². The maximum atomic E-state index is 11.6. The number of hydrogen-bond acceptors (Lipinski definition) is 4. The lowest BCUT2D eigenvalue weighted by Gasteiger charge is -2.15. The number of aryl methyl sites for hydroxylation is 1. The number of rotatable bonds is 8. The predicted molar refractivity (Wildman–Crippen MR) is 90.7 cm³/mol. The monoisotopic (exact) mass is 323 g/mol. The number of thioether (sulfide) groups is 1. The van der Waals surface area contributed by atoms with Crippen LogP contribution in [-0.2, 0) is 9.59 Å². The van der Waals surface area contributed by atoms with Crippen molar-refractivity contribution in [2.24, 2.45) is 11.7 Å². The van der Waals surface area contributed by atoms with Crippen LogP contribution in [0.3, 0.4) is 0 Å². The highest BCUT2D eigenvalue weighted by atomic mass is 32.2. The van der Waals surface area contributed by atoms with Crippen LogP contribution in [0.5, 0.6) is 0 Å². The van der Waals surface area contributed by atoms with Gasteiger partial charge in [0, 0.05) is 17.2 Å². The van der Waals surface area contributed by atoms with Crippen LogP contribution in [0.1, 0.15) is 19.4 Å². The summed E-state index contributed by atoms with van der Waals surface area (Å²) in [6.45, 7) is 6.31. The number of nitrogens with one attached hydrogen (secondary N) is 2. The number of benzene rings is 1. The third-order valence-electron chi connectivity index (χ3n) is 3.16. The summed E-state index contributed by atoms with van der Waals surface area (Å²) in [7, 11) is 0. The molecule has 0 unspecified atom stereocenters. The number of hydrogen-bond donors (Lipinski definition) is 3. The van der Waals surface area contributed by atoms with Crippen molar-refractivity contribution in [2.75, 3.05) is 18.8 Å². The van der Waals surface area contributed by atoms with Gasteiger partial charge < -0.3 is 16.4 Å². The highest BCUT2D eigenvalue weighted by Crippen LogP contribution is 2.17. The normalized spacial score (nSPS) is 12.0. The van der Waals surface area contributed by atoms with E-state index in [4.69, 9.17) is 5.73 Å². The van der Waals surface area contributed by atoms with Gasteiger partial charge in [0.15, 0.2) is 0 Å². The molecule has 4 N–H and O–H groups in total. The molecule has 0 heterocycles. The summed E-state index contributed by atoms with van der Waals surface area (Å²) in [6, 6.07) is 7.68. The Morgan fingerprint density at radius 3 is 2.41 bits per heavy atom. The lowest BCUT2D eigenvalue weighted by atomic mass is 10.1. The Bertz CT molecular complexity index is 489. The van der Waals surface area contributed by atoms with E-state index in [2.05, 4.69) is 34.9 Å². The highest BCUT2D eigenvalue weighted by molar-refractivity contribution is 7.99. The van der Waals surface area contributed by atoms with Crippen molar-refractivity contribution in [3.63, 3.8) is 0 Å². The topological polar surface area (TPSA) is 84.2 Å². The maximum Gasteiger partial charge on any atom is 0.239 e. The molecule has 0 aliphatic carbocycles. The van der Waals surface area contributed by atoms with Crippen molar-refractivity contribution in [1.29, 1.82) is 0 Å². The van der Waals surface area contributed by atoms with Crippen molar-refractivity contribution in [1.82, 2.24) is 10.6 Å². The van der Waals surface area contributed by atoms with Gasteiger partial charge in [-0.25, -0.2) is 0 Å². The summed E-state index contributed by atoms with van der Waals surface area (Å²) in [5.74, 6) is 0.343. The quantitative estimate of drug-likeness (QED) is 0.497. The summed E-state index contributed by atoms with van der Waals surface area (Å²) >= 11 is 1.68. The lowest BCUT2D eigenvalue weighted by molar-refractivity contribution is -0.127. The van der Waals surface area contributed by atoms with E-state index in [1.54, 1.807) is 11.8 Å². The zero-order valence-corrected chi connectivity index (χ0v) is 14.2. The fraction of sp³-hybridized carbons (Fsp3) is 0.500. The van der Waals surface area contributed by atoms with Crippen molar-refractivity contribution in [3.8, 4) is 0 Å². The van der Waals surface area contributed by atoms with Crippen LogP contribution in [0.25, 0.3) is 0 Å². The minimum atomic E-state index is -0.579. The second-order valence-corrected chi connectivity index (χ2v) is 6.67. The zero-order chi connectivity index (χ0) is 16.5. The molecule has 0 aromatic heterocycles. The van der Waals surface area contributed by atoms with Gasteiger partial charge in [-0.2, -0.15) is 0 Å².